The van der Waals surface area contributed by atoms with Crippen LogP contribution in [0.4, 0.5) is 0 Å². The first-order valence-electron chi connectivity index (χ1n) is 6.21. The first-order valence-corrected chi connectivity index (χ1v) is 6.59. The second-order valence-corrected chi connectivity index (χ2v) is 4.84. The normalized spacial score (nSPS) is 23.0. The van der Waals surface area contributed by atoms with E-state index >= 15 is 0 Å². The van der Waals surface area contributed by atoms with Crippen LogP contribution in [0, 0.1) is 5.92 Å². The van der Waals surface area contributed by atoms with Gasteiger partial charge in [-0.25, -0.2) is 0 Å². The second-order valence-electron chi connectivity index (χ2n) is 4.43. The number of amides is 1. The average molecular weight is 269 g/mol. The summed E-state index contributed by atoms with van der Waals surface area (Å²) in [6, 6.07) is 1.62. The van der Waals surface area contributed by atoms with E-state index in [0.717, 1.165) is 19.4 Å². The summed E-state index contributed by atoms with van der Waals surface area (Å²) in [5, 5.41) is 3.33. The lowest BCUT2D eigenvalue weighted by atomic mass is 9.99. The van der Waals surface area contributed by atoms with Crippen molar-refractivity contribution >= 4 is 17.5 Å². The van der Waals surface area contributed by atoms with Gasteiger partial charge in [-0.2, -0.15) is 0 Å². The van der Waals surface area contributed by atoms with Gasteiger partial charge in [-0.05, 0) is 18.9 Å². The Morgan fingerprint density at radius 2 is 2.50 bits per heavy atom. The number of rotatable bonds is 4. The third kappa shape index (κ3) is 3.00. The SMILES string of the molecule is CCC1OCCC1CNC(=O)c1cnccc1Cl. The van der Waals surface area contributed by atoms with Gasteiger partial charge in [0.25, 0.3) is 5.91 Å². The number of hydrogen-bond donors (Lipinski definition) is 1. The number of nitrogens with one attached hydrogen (secondary N) is 1. The largest absolute Gasteiger partial charge is 0.378 e. The molecule has 1 N–H and O–H groups in total. The number of ether oxygens (including phenoxy) is 1. The Morgan fingerprint density at radius 3 is 3.22 bits per heavy atom. The van der Waals surface area contributed by atoms with Crippen LogP contribution in [0.25, 0.3) is 0 Å². The third-order valence-electron chi connectivity index (χ3n) is 3.29. The molecule has 1 aliphatic rings. The molecule has 1 aromatic rings. The number of aromatic nitrogens is 1. The molecular formula is C13H17ClN2O2. The highest BCUT2D eigenvalue weighted by molar-refractivity contribution is 6.33. The maximum atomic E-state index is 11.9. The number of carbonyl (C=O) groups excluding carboxylic acids is 1. The van der Waals surface area contributed by atoms with Crippen molar-refractivity contribution in [3.8, 4) is 0 Å². The molecule has 2 heterocycles. The Kier molecular flexibility index (Phi) is 4.55. The van der Waals surface area contributed by atoms with E-state index in [1.165, 1.54) is 6.20 Å². The van der Waals surface area contributed by atoms with Crippen LogP contribution in [-0.2, 0) is 4.74 Å². The molecule has 1 saturated heterocycles. The summed E-state index contributed by atoms with van der Waals surface area (Å²) in [5.41, 5.74) is 0.422. The minimum atomic E-state index is -0.171. The third-order valence-corrected chi connectivity index (χ3v) is 3.62. The molecule has 0 spiro atoms. The fourth-order valence-electron chi connectivity index (χ4n) is 2.24. The lowest BCUT2D eigenvalue weighted by Gasteiger charge is -2.17. The Balaban J connectivity index is 1.91. The molecule has 0 bridgehead atoms. The van der Waals surface area contributed by atoms with Gasteiger partial charge >= 0.3 is 0 Å². The summed E-state index contributed by atoms with van der Waals surface area (Å²) in [6.07, 6.45) is 5.29. The summed E-state index contributed by atoms with van der Waals surface area (Å²) >= 11 is 5.94. The maximum absolute atomic E-state index is 11.9. The van der Waals surface area contributed by atoms with Crippen molar-refractivity contribution in [2.75, 3.05) is 13.2 Å². The quantitative estimate of drug-likeness (QED) is 0.911. The van der Waals surface area contributed by atoms with Crippen LogP contribution in [0.5, 0.6) is 0 Å². The lowest BCUT2D eigenvalue weighted by Crippen LogP contribution is -2.32. The van der Waals surface area contributed by atoms with Gasteiger partial charge in [-0.15, -0.1) is 0 Å². The molecule has 2 unspecified atom stereocenters. The maximum Gasteiger partial charge on any atom is 0.254 e. The zero-order valence-electron chi connectivity index (χ0n) is 10.4. The van der Waals surface area contributed by atoms with Crippen LogP contribution >= 0.6 is 11.6 Å². The smallest absolute Gasteiger partial charge is 0.254 e. The van der Waals surface area contributed by atoms with Crippen LogP contribution in [0.1, 0.15) is 30.1 Å². The molecule has 0 aromatic carbocycles. The Labute approximate surface area is 112 Å². The highest BCUT2D eigenvalue weighted by Gasteiger charge is 2.27. The van der Waals surface area contributed by atoms with Gasteiger partial charge in [0.15, 0.2) is 0 Å². The van der Waals surface area contributed by atoms with Gasteiger partial charge in [0.05, 0.1) is 16.7 Å². The molecular weight excluding hydrogens is 252 g/mol. The predicted octanol–water partition coefficient (Wildman–Crippen LogP) is 2.28. The molecule has 2 atom stereocenters. The minimum Gasteiger partial charge on any atom is -0.378 e. The first kappa shape index (κ1) is 13.3. The predicted molar refractivity (Wildman–Crippen MR) is 69.7 cm³/mol. The first-order chi connectivity index (χ1) is 8.72. The Bertz CT molecular complexity index is 425. The van der Waals surface area contributed by atoms with Gasteiger partial charge in [-0.1, -0.05) is 18.5 Å². The monoisotopic (exact) mass is 268 g/mol. The van der Waals surface area contributed by atoms with Crippen LogP contribution in [0.2, 0.25) is 5.02 Å². The number of halogens is 1. The van der Waals surface area contributed by atoms with E-state index in [4.69, 9.17) is 16.3 Å². The number of nitrogens with zero attached hydrogens (tertiary/aromatic N) is 1. The van der Waals surface area contributed by atoms with Crippen LogP contribution < -0.4 is 5.32 Å². The molecule has 18 heavy (non-hydrogen) atoms. The molecule has 0 radical (unpaired) electrons. The number of hydrogen-bond acceptors (Lipinski definition) is 3. The van der Waals surface area contributed by atoms with E-state index in [0.29, 0.717) is 23.0 Å². The second kappa shape index (κ2) is 6.16. The van der Waals surface area contributed by atoms with Gasteiger partial charge in [-0.3, -0.25) is 9.78 Å². The van der Waals surface area contributed by atoms with Crippen molar-refractivity contribution in [2.24, 2.45) is 5.92 Å². The molecule has 1 fully saturated rings. The van der Waals surface area contributed by atoms with Gasteiger partial charge in [0.2, 0.25) is 0 Å². The zero-order chi connectivity index (χ0) is 13.0. The molecule has 5 heteroatoms. The molecule has 1 amide bonds. The van der Waals surface area contributed by atoms with E-state index < -0.39 is 0 Å². The summed E-state index contributed by atoms with van der Waals surface area (Å²) in [7, 11) is 0. The van der Waals surface area contributed by atoms with E-state index in [1.807, 2.05) is 0 Å². The summed E-state index contributed by atoms with van der Waals surface area (Å²) in [4.78, 5) is 15.8. The molecule has 1 aliphatic heterocycles. The van der Waals surface area contributed by atoms with Crippen molar-refractivity contribution in [3.05, 3.63) is 29.0 Å². The minimum absolute atomic E-state index is 0.171. The van der Waals surface area contributed by atoms with Crippen molar-refractivity contribution in [1.29, 1.82) is 0 Å². The fraction of sp³-hybridized carbons (Fsp3) is 0.538. The van der Waals surface area contributed by atoms with Gasteiger partial charge < -0.3 is 10.1 Å². The average Bonchev–Trinajstić information content (AvgIpc) is 2.84. The number of carbonyl (C=O) groups is 1. The highest BCUT2D eigenvalue weighted by Crippen LogP contribution is 2.22. The topological polar surface area (TPSA) is 51.2 Å². The fourth-order valence-corrected chi connectivity index (χ4v) is 2.43. The highest BCUT2D eigenvalue weighted by atomic mass is 35.5. The van der Waals surface area contributed by atoms with Crippen LogP contribution in [-0.4, -0.2) is 30.1 Å². The number of pyridine rings is 1. The molecule has 0 aliphatic carbocycles. The van der Waals surface area contributed by atoms with Gasteiger partial charge in [0, 0.05) is 31.5 Å². The van der Waals surface area contributed by atoms with Crippen LogP contribution in [0.3, 0.4) is 0 Å². The summed E-state index contributed by atoms with van der Waals surface area (Å²) in [5.74, 6) is 0.226. The zero-order valence-corrected chi connectivity index (χ0v) is 11.1. The van der Waals surface area contributed by atoms with Crippen LogP contribution in [0.15, 0.2) is 18.5 Å². The molecule has 2 rings (SSSR count). The lowest BCUT2D eigenvalue weighted by molar-refractivity contribution is 0.0827. The Morgan fingerprint density at radius 1 is 1.67 bits per heavy atom. The van der Waals surface area contributed by atoms with Gasteiger partial charge in [0.1, 0.15) is 0 Å². The molecule has 1 aromatic heterocycles. The molecule has 4 nitrogen and oxygen atoms in total. The van der Waals surface area contributed by atoms with Crippen molar-refractivity contribution < 1.29 is 9.53 Å². The van der Waals surface area contributed by atoms with Crippen molar-refractivity contribution in [1.82, 2.24) is 10.3 Å². The molecule has 98 valence electrons. The Hall–Kier alpha value is -1.13. The van der Waals surface area contributed by atoms with E-state index in [-0.39, 0.29) is 12.0 Å². The van der Waals surface area contributed by atoms with Crippen molar-refractivity contribution in [2.45, 2.75) is 25.9 Å². The standard InChI is InChI=1S/C13H17ClN2O2/c1-2-12-9(4-6-18-12)7-16-13(17)10-8-15-5-3-11(10)14/h3,5,8-9,12H,2,4,6-7H2,1H3,(H,16,17). The molecule has 0 saturated carbocycles. The van der Waals surface area contributed by atoms with E-state index in [9.17, 15) is 4.79 Å². The summed E-state index contributed by atoms with van der Waals surface area (Å²) in [6.45, 7) is 3.51. The van der Waals surface area contributed by atoms with Crippen molar-refractivity contribution in [3.63, 3.8) is 0 Å². The van der Waals surface area contributed by atoms with E-state index in [2.05, 4.69) is 17.2 Å². The summed E-state index contributed by atoms with van der Waals surface area (Å²) < 4.78 is 5.59. The van der Waals surface area contributed by atoms with E-state index in [1.54, 1.807) is 12.3 Å².